The monoisotopic (exact) mass is 487 g/mol. The van der Waals surface area contributed by atoms with Gasteiger partial charge in [-0.05, 0) is 35.7 Å². The highest BCUT2D eigenvalue weighted by atomic mass is 35.5. The molecule has 6 nitrogen and oxygen atoms in total. The maximum Gasteiger partial charge on any atom is 0.277 e. The number of amides is 2. The van der Waals surface area contributed by atoms with Gasteiger partial charge in [-0.3, -0.25) is 14.4 Å². The van der Waals surface area contributed by atoms with Crippen molar-refractivity contribution in [2.75, 3.05) is 17.3 Å². The lowest BCUT2D eigenvalue weighted by atomic mass is 10.1. The van der Waals surface area contributed by atoms with Gasteiger partial charge in [-0.25, -0.2) is 9.87 Å². The lowest BCUT2D eigenvalue weighted by molar-refractivity contribution is -0.119. The molecular formula is C21H24Cl2FN3O3S. The van der Waals surface area contributed by atoms with E-state index in [2.05, 4.69) is 5.48 Å². The molecule has 2 amide bonds. The molecule has 1 aliphatic rings. The number of hydroxylamine groups is 1. The van der Waals surface area contributed by atoms with Crippen LogP contribution in [0, 0.1) is 11.7 Å². The van der Waals surface area contributed by atoms with Gasteiger partial charge >= 0.3 is 0 Å². The van der Waals surface area contributed by atoms with E-state index in [1.165, 1.54) is 28.8 Å². The highest BCUT2D eigenvalue weighted by Crippen LogP contribution is 2.37. The average Bonchev–Trinajstić information content (AvgIpc) is 2.80. The summed E-state index contributed by atoms with van der Waals surface area (Å²) >= 11 is 7.23. The van der Waals surface area contributed by atoms with E-state index in [4.69, 9.17) is 22.2 Å². The third-order valence-electron chi connectivity index (χ3n) is 4.42. The topological polar surface area (TPSA) is 84.7 Å². The number of fused-ring (bicyclic) bond motifs is 1. The molecule has 0 bridgehead atoms. The highest BCUT2D eigenvalue weighted by molar-refractivity contribution is 7.99. The molecule has 1 aliphatic heterocycles. The van der Waals surface area contributed by atoms with Crippen molar-refractivity contribution >= 4 is 53.3 Å². The number of anilines is 1. The van der Waals surface area contributed by atoms with E-state index in [1.54, 1.807) is 24.3 Å². The zero-order chi connectivity index (χ0) is 21.8. The van der Waals surface area contributed by atoms with Gasteiger partial charge in [-0.15, -0.1) is 24.2 Å². The molecule has 2 aromatic carbocycles. The molecule has 1 atom stereocenters. The van der Waals surface area contributed by atoms with Crippen LogP contribution in [0.2, 0.25) is 5.02 Å². The second-order valence-electron chi connectivity index (χ2n) is 7.40. The van der Waals surface area contributed by atoms with Crippen LogP contribution in [0.25, 0.3) is 0 Å². The third kappa shape index (κ3) is 6.33. The van der Waals surface area contributed by atoms with Gasteiger partial charge in [0.15, 0.2) is 0 Å². The van der Waals surface area contributed by atoms with Gasteiger partial charge in [0.2, 0.25) is 5.91 Å². The molecular weight excluding hydrogens is 464 g/mol. The van der Waals surface area contributed by atoms with Crippen LogP contribution in [0.3, 0.4) is 0 Å². The zero-order valence-electron chi connectivity index (χ0n) is 17.1. The van der Waals surface area contributed by atoms with Crippen molar-refractivity contribution in [2.45, 2.75) is 31.3 Å². The van der Waals surface area contributed by atoms with E-state index < -0.39 is 17.8 Å². The van der Waals surface area contributed by atoms with Crippen LogP contribution in [0.5, 0.6) is 0 Å². The molecule has 0 unspecified atom stereocenters. The molecule has 0 saturated heterocycles. The standard InChI is InChI=1S/C21H23ClFN3O3S.ClH/c1-12(2)10-29-25-20(27)15-7-18-19(8-16(15)23)30-11-17(24)21(28)26(18)9-13-3-5-14(22)6-4-13;/h3-8,12,17H,9-11,24H2,1-2H3,(H,25,27);1H/t17-;/m0./s1. The van der Waals surface area contributed by atoms with Crippen molar-refractivity contribution in [3.63, 3.8) is 0 Å². The molecule has 0 fully saturated rings. The molecule has 31 heavy (non-hydrogen) atoms. The first-order valence-corrected chi connectivity index (χ1v) is 10.8. The van der Waals surface area contributed by atoms with Gasteiger partial charge < -0.3 is 10.6 Å². The van der Waals surface area contributed by atoms with E-state index in [0.29, 0.717) is 28.0 Å². The summed E-state index contributed by atoms with van der Waals surface area (Å²) < 4.78 is 14.7. The second kappa shape index (κ2) is 11.2. The van der Waals surface area contributed by atoms with Gasteiger partial charge in [-0.2, -0.15) is 0 Å². The van der Waals surface area contributed by atoms with Crippen molar-refractivity contribution in [1.29, 1.82) is 0 Å². The minimum atomic E-state index is -0.746. The zero-order valence-corrected chi connectivity index (χ0v) is 19.5. The maximum atomic E-state index is 14.7. The lowest BCUT2D eigenvalue weighted by Gasteiger charge is -2.25. The number of nitrogens with one attached hydrogen (secondary N) is 1. The summed E-state index contributed by atoms with van der Waals surface area (Å²) in [4.78, 5) is 32.5. The first-order chi connectivity index (χ1) is 14.3. The number of halogens is 3. The molecule has 3 N–H and O–H groups in total. The van der Waals surface area contributed by atoms with Gasteiger partial charge in [-0.1, -0.05) is 37.6 Å². The molecule has 0 aliphatic carbocycles. The maximum absolute atomic E-state index is 14.7. The van der Waals surface area contributed by atoms with Crippen LogP contribution in [0.1, 0.15) is 29.8 Å². The summed E-state index contributed by atoms with van der Waals surface area (Å²) in [6.07, 6.45) is 0. The normalized spacial score (nSPS) is 15.9. The van der Waals surface area contributed by atoms with Crippen LogP contribution < -0.4 is 16.1 Å². The van der Waals surface area contributed by atoms with Crippen LogP contribution in [0.4, 0.5) is 10.1 Å². The van der Waals surface area contributed by atoms with Crippen LogP contribution >= 0.6 is 35.8 Å². The lowest BCUT2D eigenvalue weighted by Crippen LogP contribution is -2.44. The second-order valence-corrected chi connectivity index (χ2v) is 8.90. The number of nitrogens with two attached hydrogens (primary N) is 1. The largest absolute Gasteiger partial charge is 0.319 e. The van der Waals surface area contributed by atoms with Crippen molar-refractivity contribution in [3.8, 4) is 0 Å². The number of carbonyl (C=O) groups excluding carboxylic acids is 2. The average molecular weight is 488 g/mol. The number of thioether (sulfide) groups is 1. The predicted molar refractivity (Wildman–Crippen MR) is 123 cm³/mol. The summed E-state index contributed by atoms with van der Waals surface area (Å²) in [7, 11) is 0. The first-order valence-electron chi connectivity index (χ1n) is 9.46. The molecule has 168 valence electrons. The molecule has 0 aromatic heterocycles. The van der Waals surface area contributed by atoms with E-state index >= 15 is 0 Å². The number of nitrogens with zero attached hydrogens (tertiary/aromatic N) is 1. The van der Waals surface area contributed by atoms with Crippen molar-refractivity contribution in [3.05, 3.63) is 58.4 Å². The Hall–Kier alpha value is -1.84. The number of carbonyl (C=O) groups is 2. The van der Waals surface area contributed by atoms with Gasteiger partial charge in [0.1, 0.15) is 5.82 Å². The molecule has 1 heterocycles. The van der Waals surface area contributed by atoms with Crippen molar-refractivity contribution < 1.29 is 18.8 Å². The van der Waals surface area contributed by atoms with Gasteiger partial charge in [0.05, 0.1) is 30.4 Å². The first kappa shape index (κ1) is 25.4. The highest BCUT2D eigenvalue weighted by Gasteiger charge is 2.30. The Bertz CT molecular complexity index is 944. The van der Waals surface area contributed by atoms with E-state index in [9.17, 15) is 14.0 Å². The van der Waals surface area contributed by atoms with Crippen LogP contribution in [-0.2, 0) is 16.2 Å². The summed E-state index contributed by atoms with van der Waals surface area (Å²) in [6, 6.07) is 8.94. The molecule has 3 rings (SSSR count). The number of rotatable bonds is 6. The Morgan fingerprint density at radius 1 is 1.35 bits per heavy atom. The van der Waals surface area contributed by atoms with Gasteiger partial charge in [0.25, 0.3) is 5.91 Å². The number of hydrogen-bond donors (Lipinski definition) is 2. The van der Waals surface area contributed by atoms with E-state index in [0.717, 1.165) is 5.56 Å². The SMILES string of the molecule is CC(C)CONC(=O)c1cc2c(cc1F)SC[C@H](N)C(=O)N2Cc1ccc(Cl)cc1.Cl. The fourth-order valence-electron chi connectivity index (χ4n) is 2.88. The third-order valence-corrected chi connectivity index (χ3v) is 5.84. The fourth-order valence-corrected chi connectivity index (χ4v) is 4.01. The molecule has 0 spiro atoms. The molecule has 2 aromatic rings. The summed E-state index contributed by atoms with van der Waals surface area (Å²) in [6.45, 7) is 4.36. The summed E-state index contributed by atoms with van der Waals surface area (Å²) in [5, 5.41) is 0.580. The van der Waals surface area contributed by atoms with E-state index in [-0.39, 0.29) is 36.3 Å². The summed E-state index contributed by atoms with van der Waals surface area (Å²) in [5.41, 5.74) is 9.34. The Kier molecular flexibility index (Phi) is 9.14. The Morgan fingerprint density at radius 3 is 2.68 bits per heavy atom. The molecule has 0 radical (unpaired) electrons. The quantitative estimate of drug-likeness (QED) is 0.596. The molecule has 0 saturated carbocycles. The fraction of sp³-hybridized carbons (Fsp3) is 0.333. The van der Waals surface area contributed by atoms with Crippen molar-refractivity contribution in [2.24, 2.45) is 11.7 Å². The van der Waals surface area contributed by atoms with Crippen LogP contribution in [-0.4, -0.2) is 30.2 Å². The summed E-state index contributed by atoms with van der Waals surface area (Å²) in [5.74, 6) is -1.20. The minimum absolute atomic E-state index is 0. The molecule has 10 heteroatoms. The smallest absolute Gasteiger partial charge is 0.277 e. The number of benzene rings is 2. The number of hydrogen-bond acceptors (Lipinski definition) is 5. The van der Waals surface area contributed by atoms with Gasteiger partial charge in [0, 0.05) is 15.7 Å². The van der Waals surface area contributed by atoms with Crippen LogP contribution in [0.15, 0.2) is 41.3 Å². The Balaban J connectivity index is 0.00000341. The Morgan fingerprint density at radius 2 is 2.03 bits per heavy atom. The predicted octanol–water partition coefficient (Wildman–Crippen LogP) is 4.18. The van der Waals surface area contributed by atoms with Crippen molar-refractivity contribution in [1.82, 2.24) is 5.48 Å². The van der Waals surface area contributed by atoms with E-state index in [1.807, 2.05) is 13.8 Å². The Labute approximate surface area is 196 Å². The minimum Gasteiger partial charge on any atom is -0.319 e.